The lowest BCUT2D eigenvalue weighted by molar-refractivity contribution is -0.116. The fourth-order valence-corrected chi connectivity index (χ4v) is 3.83. The van der Waals surface area contributed by atoms with Crippen LogP contribution in [0.2, 0.25) is 5.02 Å². The standard InChI is InChI=1S/C20H15ClN4O2S/c1-12-2-7-15-17(8-12)28-20(23-15)24-18(26)10-25-11-22-16(9-19(25)27)13-3-5-14(21)6-4-13/h2-9,11H,10H2,1H3,(H,23,24,26). The van der Waals surface area contributed by atoms with Crippen LogP contribution in [-0.4, -0.2) is 20.4 Å². The maximum Gasteiger partial charge on any atom is 0.254 e. The maximum absolute atomic E-state index is 12.4. The summed E-state index contributed by atoms with van der Waals surface area (Å²) < 4.78 is 2.26. The number of nitrogens with zero attached hydrogens (tertiary/aromatic N) is 3. The molecule has 0 fully saturated rings. The van der Waals surface area contributed by atoms with Gasteiger partial charge in [0.2, 0.25) is 5.91 Å². The Balaban J connectivity index is 1.49. The van der Waals surface area contributed by atoms with E-state index in [1.54, 1.807) is 24.3 Å². The number of halogens is 1. The minimum absolute atomic E-state index is 0.137. The molecule has 4 aromatic rings. The highest BCUT2D eigenvalue weighted by Gasteiger charge is 2.10. The molecule has 0 atom stereocenters. The number of benzene rings is 2. The fourth-order valence-electron chi connectivity index (χ4n) is 2.72. The van der Waals surface area contributed by atoms with E-state index in [4.69, 9.17) is 11.6 Å². The van der Waals surface area contributed by atoms with Crippen molar-refractivity contribution in [3.05, 3.63) is 75.8 Å². The van der Waals surface area contributed by atoms with Crippen molar-refractivity contribution in [2.24, 2.45) is 0 Å². The number of carbonyl (C=O) groups excluding carboxylic acids is 1. The number of aryl methyl sites for hydroxylation is 1. The molecule has 0 bridgehead atoms. The number of hydrogen-bond donors (Lipinski definition) is 1. The molecule has 0 saturated heterocycles. The molecule has 0 aliphatic carbocycles. The molecule has 0 aliphatic rings. The Kier molecular flexibility index (Phi) is 4.93. The van der Waals surface area contributed by atoms with Gasteiger partial charge in [0, 0.05) is 16.7 Å². The monoisotopic (exact) mass is 410 g/mol. The predicted molar refractivity (Wildman–Crippen MR) is 112 cm³/mol. The summed E-state index contributed by atoms with van der Waals surface area (Å²) in [6, 6.07) is 14.4. The van der Waals surface area contributed by atoms with Crippen LogP contribution in [0.5, 0.6) is 0 Å². The molecule has 0 radical (unpaired) electrons. The number of amides is 1. The Morgan fingerprint density at radius 2 is 1.96 bits per heavy atom. The summed E-state index contributed by atoms with van der Waals surface area (Å²) in [5.74, 6) is -0.334. The van der Waals surface area contributed by atoms with Crippen molar-refractivity contribution in [2.75, 3.05) is 5.32 Å². The molecule has 8 heteroatoms. The Hall–Kier alpha value is -3.03. The summed E-state index contributed by atoms with van der Waals surface area (Å²) in [6.45, 7) is 1.87. The van der Waals surface area contributed by atoms with E-state index in [2.05, 4.69) is 15.3 Å². The highest BCUT2D eigenvalue weighted by atomic mass is 35.5. The van der Waals surface area contributed by atoms with E-state index in [1.165, 1.54) is 28.3 Å². The Morgan fingerprint density at radius 1 is 1.18 bits per heavy atom. The van der Waals surface area contributed by atoms with Crippen molar-refractivity contribution < 1.29 is 4.79 Å². The van der Waals surface area contributed by atoms with Crippen LogP contribution in [0.4, 0.5) is 5.13 Å². The van der Waals surface area contributed by atoms with Crippen molar-refractivity contribution in [3.63, 3.8) is 0 Å². The maximum atomic E-state index is 12.4. The number of fused-ring (bicyclic) bond motifs is 1. The number of thiazole rings is 1. The third-order valence-corrected chi connectivity index (χ3v) is 5.31. The normalized spacial score (nSPS) is 10.9. The van der Waals surface area contributed by atoms with Crippen molar-refractivity contribution >= 4 is 44.2 Å². The van der Waals surface area contributed by atoms with Crippen LogP contribution < -0.4 is 10.9 Å². The highest BCUT2D eigenvalue weighted by molar-refractivity contribution is 7.22. The Morgan fingerprint density at radius 3 is 2.71 bits per heavy atom. The summed E-state index contributed by atoms with van der Waals surface area (Å²) in [6.07, 6.45) is 1.37. The van der Waals surface area contributed by atoms with E-state index in [1.807, 2.05) is 25.1 Å². The van der Waals surface area contributed by atoms with E-state index < -0.39 is 0 Å². The summed E-state index contributed by atoms with van der Waals surface area (Å²) >= 11 is 7.28. The van der Waals surface area contributed by atoms with Crippen LogP contribution in [0.3, 0.4) is 0 Å². The van der Waals surface area contributed by atoms with E-state index in [0.29, 0.717) is 15.8 Å². The SMILES string of the molecule is Cc1ccc2nc(NC(=O)Cn3cnc(-c4ccc(Cl)cc4)cc3=O)sc2c1. The van der Waals surface area contributed by atoms with Crippen LogP contribution in [-0.2, 0) is 11.3 Å². The van der Waals surface area contributed by atoms with Gasteiger partial charge in [-0.15, -0.1) is 0 Å². The van der Waals surface area contributed by atoms with Crippen LogP contribution >= 0.6 is 22.9 Å². The zero-order valence-corrected chi connectivity index (χ0v) is 16.4. The first-order chi connectivity index (χ1) is 13.5. The smallest absolute Gasteiger partial charge is 0.254 e. The predicted octanol–water partition coefficient (Wildman–Crippen LogP) is 4.12. The van der Waals surface area contributed by atoms with Crippen LogP contribution in [0.15, 0.2) is 59.7 Å². The van der Waals surface area contributed by atoms with E-state index in [0.717, 1.165) is 21.3 Å². The van der Waals surface area contributed by atoms with Gasteiger partial charge in [0.1, 0.15) is 6.54 Å². The van der Waals surface area contributed by atoms with E-state index in [-0.39, 0.29) is 18.0 Å². The number of rotatable bonds is 4. The first-order valence-electron chi connectivity index (χ1n) is 8.47. The lowest BCUT2D eigenvalue weighted by Gasteiger charge is -2.06. The zero-order valence-electron chi connectivity index (χ0n) is 14.8. The molecule has 0 unspecified atom stereocenters. The van der Waals surface area contributed by atoms with Gasteiger partial charge >= 0.3 is 0 Å². The van der Waals surface area contributed by atoms with Gasteiger partial charge in [-0.05, 0) is 36.8 Å². The molecule has 0 saturated carbocycles. The van der Waals surface area contributed by atoms with Gasteiger partial charge < -0.3 is 5.32 Å². The number of anilines is 1. The van der Waals surface area contributed by atoms with Gasteiger partial charge in [-0.3, -0.25) is 14.2 Å². The van der Waals surface area contributed by atoms with Crippen LogP contribution in [0, 0.1) is 6.92 Å². The average molecular weight is 411 g/mol. The molecular formula is C20H15ClN4O2S. The number of aromatic nitrogens is 3. The van der Waals surface area contributed by atoms with Crippen molar-refractivity contribution in [1.29, 1.82) is 0 Å². The molecular weight excluding hydrogens is 396 g/mol. The van der Waals surface area contributed by atoms with Crippen molar-refractivity contribution in [2.45, 2.75) is 13.5 Å². The summed E-state index contributed by atoms with van der Waals surface area (Å²) in [7, 11) is 0. The quantitative estimate of drug-likeness (QED) is 0.549. The molecule has 140 valence electrons. The van der Waals surface area contributed by atoms with E-state index in [9.17, 15) is 9.59 Å². The molecule has 1 N–H and O–H groups in total. The van der Waals surface area contributed by atoms with Crippen LogP contribution in [0.1, 0.15) is 5.56 Å². The van der Waals surface area contributed by atoms with Gasteiger partial charge in [0.05, 0.1) is 22.2 Å². The molecule has 0 aliphatic heterocycles. The average Bonchev–Trinajstić information content (AvgIpc) is 3.05. The minimum Gasteiger partial charge on any atom is -0.300 e. The Labute approximate surface area is 169 Å². The lowest BCUT2D eigenvalue weighted by atomic mass is 10.1. The minimum atomic E-state index is -0.334. The molecule has 2 heterocycles. The molecule has 6 nitrogen and oxygen atoms in total. The number of carbonyl (C=O) groups is 1. The molecule has 4 rings (SSSR count). The second kappa shape index (κ2) is 7.53. The molecule has 28 heavy (non-hydrogen) atoms. The summed E-state index contributed by atoms with van der Waals surface area (Å²) in [4.78, 5) is 33.3. The van der Waals surface area contributed by atoms with Gasteiger partial charge in [-0.2, -0.15) is 0 Å². The third kappa shape index (κ3) is 3.95. The summed E-state index contributed by atoms with van der Waals surface area (Å²) in [5, 5.41) is 3.86. The fraction of sp³-hybridized carbons (Fsp3) is 0.100. The second-order valence-electron chi connectivity index (χ2n) is 6.29. The van der Waals surface area contributed by atoms with Crippen molar-refractivity contribution in [1.82, 2.24) is 14.5 Å². The topological polar surface area (TPSA) is 76.9 Å². The van der Waals surface area contributed by atoms with Gasteiger partial charge in [0.15, 0.2) is 5.13 Å². The zero-order chi connectivity index (χ0) is 19.7. The first kappa shape index (κ1) is 18.3. The van der Waals surface area contributed by atoms with Gasteiger partial charge in [-0.1, -0.05) is 41.1 Å². The van der Waals surface area contributed by atoms with Crippen molar-refractivity contribution in [3.8, 4) is 11.3 Å². The second-order valence-corrected chi connectivity index (χ2v) is 7.75. The highest BCUT2D eigenvalue weighted by Crippen LogP contribution is 2.26. The lowest BCUT2D eigenvalue weighted by Crippen LogP contribution is -2.27. The van der Waals surface area contributed by atoms with Gasteiger partial charge in [0.25, 0.3) is 5.56 Å². The Bertz CT molecular complexity index is 1230. The number of nitrogens with one attached hydrogen (secondary N) is 1. The number of hydrogen-bond acceptors (Lipinski definition) is 5. The molecule has 0 spiro atoms. The third-order valence-electron chi connectivity index (χ3n) is 4.12. The van der Waals surface area contributed by atoms with Crippen LogP contribution in [0.25, 0.3) is 21.5 Å². The largest absolute Gasteiger partial charge is 0.300 e. The molecule has 2 aromatic carbocycles. The summed E-state index contributed by atoms with van der Waals surface area (Å²) in [5.41, 5.74) is 2.96. The molecule has 1 amide bonds. The first-order valence-corrected chi connectivity index (χ1v) is 9.67. The van der Waals surface area contributed by atoms with E-state index >= 15 is 0 Å². The van der Waals surface area contributed by atoms with Gasteiger partial charge in [-0.25, -0.2) is 9.97 Å². The molecule has 2 aromatic heterocycles.